The number of carboxylic acids is 3. The lowest BCUT2D eigenvalue weighted by Gasteiger charge is -2.37. The van der Waals surface area contributed by atoms with Crippen LogP contribution in [-0.4, -0.2) is 61.9 Å². The van der Waals surface area contributed by atoms with Gasteiger partial charge in [0.05, 0.1) is 12.8 Å². The minimum absolute atomic E-state index is 0.0108. The molecule has 12 heteroatoms. The van der Waals surface area contributed by atoms with Crippen molar-refractivity contribution in [3.8, 4) is 11.5 Å². The highest BCUT2D eigenvalue weighted by Gasteiger charge is 2.51. The molecule has 4 aromatic carbocycles. The molecule has 1 aliphatic rings. The van der Waals surface area contributed by atoms with Crippen LogP contribution in [-0.2, 0) is 25.7 Å². The molecule has 2 heterocycles. The lowest BCUT2D eigenvalue weighted by Crippen LogP contribution is -2.48. The number of hydrogen-bond acceptors (Lipinski definition) is 8. The first-order chi connectivity index (χ1) is 24.0. The predicted molar refractivity (Wildman–Crippen MR) is 182 cm³/mol. The molecule has 5 aromatic rings. The van der Waals surface area contributed by atoms with Gasteiger partial charge in [-0.1, -0.05) is 60.7 Å². The predicted octanol–water partition coefficient (Wildman–Crippen LogP) is 6.33. The Morgan fingerprint density at radius 2 is 1.58 bits per heavy atom. The summed E-state index contributed by atoms with van der Waals surface area (Å²) in [5.41, 5.74) is -0.0763. The van der Waals surface area contributed by atoms with Crippen molar-refractivity contribution in [2.75, 3.05) is 6.79 Å². The number of carboxylic acid groups (broad SMARTS) is 3. The van der Waals surface area contributed by atoms with E-state index < -0.39 is 54.0 Å². The zero-order valence-corrected chi connectivity index (χ0v) is 27.0. The highest BCUT2D eigenvalue weighted by molar-refractivity contribution is 6.04. The number of para-hydroxylation sites is 2. The molecule has 6 rings (SSSR count). The van der Waals surface area contributed by atoms with E-state index in [1.54, 1.807) is 19.1 Å². The molecule has 3 N–H and O–H groups in total. The second-order valence-electron chi connectivity index (χ2n) is 12.3. The normalized spacial score (nSPS) is 13.8. The molecule has 2 unspecified atom stereocenters. The molecule has 0 bridgehead atoms. The smallest absolute Gasteiger partial charge is 0.322 e. The Morgan fingerprint density at radius 1 is 0.860 bits per heavy atom. The number of carbonyl (C=O) groups excluding carboxylic acids is 1. The summed E-state index contributed by atoms with van der Waals surface area (Å²) in [5, 5.41) is 31.4. The molecule has 256 valence electrons. The zero-order valence-electron chi connectivity index (χ0n) is 27.0. The van der Waals surface area contributed by atoms with Crippen LogP contribution in [0.4, 0.5) is 0 Å². The molecule has 12 nitrogen and oxygen atoms in total. The number of oxazole rings is 1. The molecule has 1 amide bonds. The van der Waals surface area contributed by atoms with E-state index in [0.717, 1.165) is 16.3 Å². The van der Waals surface area contributed by atoms with Crippen molar-refractivity contribution in [3.63, 3.8) is 0 Å². The van der Waals surface area contributed by atoms with E-state index in [0.29, 0.717) is 40.5 Å². The summed E-state index contributed by atoms with van der Waals surface area (Å²) in [6.07, 6.45) is 1.58. The number of allylic oxidation sites excluding steroid dienone is 1. The van der Waals surface area contributed by atoms with E-state index in [-0.39, 0.29) is 13.3 Å². The van der Waals surface area contributed by atoms with Crippen LogP contribution in [0.5, 0.6) is 11.5 Å². The number of nitrogens with zero attached hydrogens (tertiary/aromatic N) is 2. The number of fused-ring (bicyclic) bond motifs is 3. The zero-order chi connectivity index (χ0) is 35.4. The first-order valence-electron chi connectivity index (χ1n) is 15.9. The van der Waals surface area contributed by atoms with Crippen LogP contribution < -0.4 is 9.47 Å². The Balaban J connectivity index is 1.39. The molecule has 0 saturated carbocycles. The van der Waals surface area contributed by atoms with Gasteiger partial charge in [0, 0.05) is 18.5 Å². The Morgan fingerprint density at radius 3 is 2.32 bits per heavy atom. The monoisotopic (exact) mass is 678 g/mol. The first-order valence-corrected chi connectivity index (χ1v) is 15.9. The molecular formula is C38H34N2O10. The van der Waals surface area contributed by atoms with E-state index in [4.69, 9.17) is 13.9 Å². The van der Waals surface area contributed by atoms with Gasteiger partial charge in [-0.25, -0.2) is 4.98 Å². The Bertz CT molecular complexity index is 2070. The van der Waals surface area contributed by atoms with Gasteiger partial charge in [0.2, 0.25) is 18.6 Å². The Kier molecular flexibility index (Phi) is 9.53. The number of aromatic nitrogens is 1. The number of ether oxygens (including phenoxy) is 2. The van der Waals surface area contributed by atoms with E-state index in [1.165, 1.54) is 4.90 Å². The topological polar surface area (TPSA) is 177 Å². The third kappa shape index (κ3) is 7.00. The maximum absolute atomic E-state index is 14.3. The Labute approximate surface area is 286 Å². The number of hydrogen-bond donors (Lipinski definition) is 3. The van der Waals surface area contributed by atoms with Gasteiger partial charge in [0.25, 0.3) is 0 Å². The van der Waals surface area contributed by atoms with Crippen molar-refractivity contribution in [2.24, 2.45) is 5.41 Å². The summed E-state index contributed by atoms with van der Waals surface area (Å²) in [6.45, 7) is 1.84. The SMILES string of the molecule is CC(C(CC=Cc1nc2ccccc2o1)c1ccc2c(c1)OCO2)N(Cc1ccc2ccccc2c1)C(=O)CC(CC(=O)O)(C(=O)O)C(=O)O. The molecule has 1 aromatic heterocycles. The molecule has 0 fully saturated rings. The second kappa shape index (κ2) is 14.1. The summed E-state index contributed by atoms with van der Waals surface area (Å²) < 4.78 is 17.0. The van der Waals surface area contributed by atoms with Crippen LogP contribution in [0, 0.1) is 5.41 Å². The summed E-state index contributed by atoms with van der Waals surface area (Å²) in [6, 6.07) is 25.4. The lowest BCUT2D eigenvalue weighted by atomic mass is 9.80. The quantitative estimate of drug-likeness (QED) is 0.112. The van der Waals surface area contributed by atoms with E-state index in [9.17, 15) is 34.5 Å². The number of benzene rings is 4. The molecule has 0 aliphatic carbocycles. The second-order valence-corrected chi connectivity index (χ2v) is 12.3. The molecule has 1 aliphatic heterocycles. The van der Waals surface area contributed by atoms with Gasteiger partial charge in [-0.15, -0.1) is 0 Å². The summed E-state index contributed by atoms with van der Waals surface area (Å²) in [7, 11) is 0. The average Bonchev–Trinajstić information content (AvgIpc) is 3.74. The highest BCUT2D eigenvalue weighted by atomic mass is 16.7. The number of aliphatic carboxylic acids is 3. The maximum atomic E-state index is 14.3. The molecule has 0 spiro atoms. The number of amides is 1. The highest BCUT2D eigenvalue weighted by Crippen LogP contribution is 2.39. The van der Waals surface area contributed by atoms with Crippen LogP contribution in [0.3, 0.4) is 0 Å². The summed E-state index contributed by atoms with van der Waals surface area (Å²) in [4.78, 5) is 56.7. The first kappa shape index (κ1) is 33.7. The summed E-state index contributed by atoms with van der Waals surface area (Å²) >= 11 is 0. The average molecular weight is 679 g/mol. The van der Waals surface area contributed by atoms with Crippen LogP contribution in [0.25, 0.3) is 27.9 Å². The molecule has 2 atom stereocenters. The van der Waals surface area contributed by atoms with Gasteiger partial charge in [-0.2, -0.15) is 0 Å². The van der Waals surface area contributed by atoms with Crippen molar-refractivity contribution in [1.82, 2.24) is 9.88 Å². The van der Waals surface area contributed by atoms with Crippen LogP contribution in [0.15, 0.2) is 95.4 Å². The van der Waals surface area contributed by atoms with Crippen molar-refractivity contribution >= 4 is 51.8 Å². The van der Waals surface area contributed by atoms with Gasteiger partial charge < -0.3 is 34.1 Å². The van der Waals surface area contributed by atoms with Gasteiger partial charge in [-0.05, 0) is 71.7 Å². The molecule has 0 radical (unpaired) electrons. The molecule has 50 heavy (non-hydrogen) atoms. The standard InChI is InChI=1S/C38H34N2O10/c1-23(28(27-15-16-31-32(18-27)49-22-48-31)9-6-12-33-39-29-10-4-5-11-30(29)50-33)40(21-24-13-14-25-7-2-3-8-26(25)17-24)34(41)19-38(36(44)45,37(46)47)20-35(42)43/h2-8,10-18,23,28H,9,19-22H2,1H3,(H,42,43)(H,44,45)(H,46,47). The fourth-order valence-electron chi connectivity index (χ4n) is 6.32. The van der Waals surface area contributed by atoms with Crippen LogP contribution in [0.2, 0.25) is 0 Å². The van der Waals surface area contributed by atoms with Crippen molar-refractivity contribution in [2.45, 2.75) is 44.7 Å². The number of carbonyl (C=O) groups is 4. The van der Waals surface area contributed by atoms with Gasteiger partial charge in [-0.3, -0.25) is 19.2 Å². The van der Waals surface area contributed by atoms with Gasteiger partial charge >= 0.3 is 17.9 Å². The fourth-order valence-corrected chi connectivity index (χ4v) is 6.32. The Hall–Kier alpha value is -6.17. The largest absolute Gasteiger partial charge is 0.481 e. The van der Waals surface area contributed by atoms with Crippen LogP contribution >= 0.6 is 0 Å². The fraction of sp³-hybridized carbons (Fsp3) is 0.237. The number of rotatable bonds is 14. The maximum Gasteiger partial charge on any atom is 0.322 e. The minimum atomic E-state index is -2.88. The third-order valence-corrected chi connectivity index (χ3v) is 9.07. The van der Waals surface area contributed by atoms with Crippen molar-refractivity contribution < 1.29 is 48.4 Å². The van der Waals surface area contributed by atoms with Gasteiger partial charge in [0.1, 0.15) is 5.52 Å². The van der Waals surface area contributed by atoms with E-state index in [2.05, 4.69) is 4.98 Å². The summed E-state index contributed by atoms with van der Waals surface area (Å²) in [5.74, 6) is -5.28. The third-order valence-electron chi connectivity index (χ3n) is 9.07. The minimum Gasteiger partial charge on any atom is -0.481 e. The molecule has 0 saturated heterocycles. The van der Waals surface area contributed by atoms with Crippen LogP contribution in [0.1, 0.15) is 49.1 Å². The van der Waals surface area contributed by atoms with E-state index >= 15 is 0 Å². The van der Waals surface area contributed by atoms with Crippen molar-refractivity contribution in [3.05, 3.63) is 108 Å². The molecular weight excluding hydrogens is 644 g/mol. The van der Waals surface area contributed by atoms with E-state index in [1.807, 2.05) is 84.9 Å². The van der Waals surface area contributed by atoms with Gasteiger partial charge in [0.15, 0.2) is 22.5 Å². The van der Waals surface area contributed by atoms with Crippen molar-refractivity contribution in [1.29, 1.82) is 0 Å². The lowest BCUT2D eigenvalue weighted by molar-refractivity contribution is -0.173.